The molecule has 0 aliphatic carbocycles. The van der Waals surface area contributed by atoms with Gasteiger partial charge in [0.1, 0.15) is 0 Å². The van der Waals surface area contributed by atoms with Gasteiger partial charge in [0.05, 0.1) is 5.56 Å². The summed E-state index contributed by atoms with van der Waals surface area (Å²) in [6.45, 7) is 8.38. The number of halogens is 1. The van der Waals surface area contributed by atoms with Gasteiger partial charge in [-0.15, -0.1) is 0 Å². The Morgan fingerprint density at radius 1 is 1.07 bits per heavy atom. The lowest BCUT2D eigenvalue weighted by molar-refractivity contribution is 0.102. The Balaban J connectivity index is 1.55. The number of aromatic nitrogens is 1. The number of benzene rings is 2. The van der Waals surface area contributed by atoms with Gasteiger partial charge < -0.3 is 15.2 Å². The summed E-state index contributed by atoms with van der Waals surface area (Å²) in [5.41, 5.74) is 2.32. The summed E-state index contributed by atoms with van der Waals surface area (Å²) in [5.74, 6) is -0.338. The monoisotopic (exact) mass is 424 g/mol. The number of hydrogen-bond donors (Lipinski definition) is 2. The molecule has 6 nitrogen and oxygen atoms in total. The van der Waals surface area contributed by atoms with E-state index in [1.807, 2.05) is 18.2 Å². The lowest BCUT2D eigenvalue weighted by Crippen LogP contribution is -2.48. The number of piperazine rings is 1. The highest BCUT2D eigenvalue weighted by Gasteiger charge is 2.19. The van der Waals surface area contributed by atoms with Gasteiger partial charge in [-0.05, 0) is 50.2 Å². The Kier molecular flexibility index (Phi) is 5.79. The molecule has 0 spiro atoms. The largest absolute Gasteiger partial charge is 0.369 e. The minimum absolute atomic E-state index is 0.298. The molecule has 2 aromatic carbocycles. The Hall–Kier alpha value is -2.83. The zero-order valence-corrected chi connectivity index (χ0v) is 17.9. The molecule has 0 saturated carbocycles. The Morgan fingerprint density at radius 2 is 1.83 bits per heavy atom. The van der Waals surface area contributed by atoms with Crippen molar-refractivity contribution in [1.29, 1.82) is 0 Å². The number of carbonyl (C=O) groups excluding carboxylic acids is 1. The lowest BCUT2D eigenvalue weighted by Gasteiger charge is -2.38. The second kappa shape index (κ2) is 8.50. The van der Waals surface area contributed by atoms with Crippen molar-refractivity contribution in [3.8, 4) is 0 Å². The Bertz CT molecular complexity index is 1130. The van der Waals surface area contributed by atoms with Crippen LogP contribution in [0.15, 0.2) is 53.3 Å². The molecule has 2 N–H and O–H groups in total. The topological polar surface area (TPSA) is 68.4 Å². The Morgan fingerprint density at radius 3 is 2.57 bits per heavy atom. The summed E-state index contributed by atoms with van der Waals surface area (Å²) in [6.07, 6.45) is 0. The van der Waals surface area contributed by atoms with Gasteiger partial charge in [0.15, 0.2) is 0 Å². The van der Waals surface area contributed by atoms with E-state index in [-0.39, 0.29) is 11.5 Å². The summed E-state index contributed by atoms with van der Waals surface area (Å²) < 4.78 is 0. The summed E-state index contributed by atoms with van der Waals surface area (Å²) in [5, 5.41) is 4.05. The SMILES string of the molecule is CC(C)N1CCN(c2cccc(NC(=O)c3cc(=O)[nH]c4ccc(Cl)cc34)c2)CC1. The van der Waals surface area contributed by atoms with E-state index in [9.17, 15) is 9.59 Å². The van der Waals surface area contributed by atoms with Crippen LogP contribution in [0.5, 0.6) is 0 Å². The molecule has 1 aliphatic rings. The number of nitrogens with one attached hydrogen (secondary N) is 2. The highest BCUT2D eigenvalue weighted by atomic mass is 35.5. The van der Waals surface area contributed by atoms with Gasteiger partial charge in [0, 0.05) is 65.6 Å². The first-order chi connectivity index (χ1) is 14.4. The van der Waals surface area contributed by atoms with Crippen LogP contribution < -0.4 is 15.8 Å². The summed E-state index contributed by atoms with van der Waals surface area (Å²) in [4.78, 5) is 32.5. The number of hydrogen-bond acceptors (Lipinski definition) is 4. The summed E-state index contributed by atoms with van der Waals surface area (Å²) >= 11 is 6.10. The van der Waals surface area contributed by atoms with Crippen LogP contribution in [0.4, 0.5) is 11.4 Å². The molecule has 0 unspecified atom stereocenters. The van der Waals surface area contributed by atoms with Crippen LogP contribution in [0.2, 0.25) is 5.02 Å². The smallest absolute Gasteiger partial charge is 0.256 e. The predicted molar refractivity (Wildman–Crippen MR) is 123 cm³/mol. The molecule has 0 bridgehead atoms. The molecule has 156 valence electrons. The number of rotatable bonds is 4. The number of fused-ring (bicyclic) bond motifs is 1. The van der Waals surface area contributed by atoms with E-state index in [2.05, 4.69) is 40.0 Å². The van der Waals surface area contributed by atoms with Crippen molar-refractivity contribution in [1.82, 2.24) is 9.88 Å². The van der Waals surface area contributed by atoms with E-state index < -0.39 is 0 Å². The molecule has 1 aromatic heterocycles. The fourth-order valence-electron chi connectivity index (χ4n) is 3.89. The molecule has 1 amide bonds. The van der Waals surface area contributed by atoms with Crippen LogP contribution in [0.25, 0.3) is 10.9 Å². The van der Waals surface area contributed by atoms with Gasteiger partial charge in [0.2, 0.25) is 5.56 Å². The molecule has 2 heterocycles. The summed E-state index contributed by atoms with van der Waals surface area (Å²) in [6, 6.07) is 14.8. The second-order valence-electron chi connectivity index (χ2n) is 7.86. The third-order valence-electron chi connectivity index (χ3n) is 5.56. The number of aromatic amines is 1. The fraction of sp³-hybridized carbons (Fsp3) is 0.304. The van der Waals surface area contributed by atoms with Crippen molar-refractivity contribution in [3.05, 3.63) is 69.5 Å². The first-order valence-electron chi connectivity index (χ1n) is 10.1. The number of nitrogens with zero attached hydrogens (tertiary/aromatic N) is 2. The lowest BCUT2D eigenvalue weighted by atomic mass is 10.1. The number of anilines is 2. The van der Waals surface area contributed by atoms with Crippen LogP contribution in [-0.2, 0) is 0 Å². The first kappa shape index (κ1) is 20.4. The van der Waals surface area contributed by atoms with Crippen molar-refractivity contribution in [2.75, 3.05) is 36.4 Å². The van der Waals surface area contributed by atoms with Crippen molar-refractivity contribution in [3.63, 3.8) is 0 Å². The Labute approximate surface area is 180 Å². The van der Waals surface area contributed by atoms with Gasteiger partial charge in [-0.3, -0.25) is 14.5 Å². The molecule has 0 radical (unpaired) electrons. The third-order valence-corrected chi connectivity index (χ3v) is 5.80. The van der Waals surface area contributed by atoms with E-state index in [0.717, 1.165) is 31.9 Å². The highest BCUT2D eigenvalue weighted by molar-refractivity contribution is 6.31. The average Bonchev–Trinajstić information content (AvgIpc) is 2.73. The molecule has 0 atom stereocenters. The standard InChI is InChI=1S/C23H25ClN4O2/c1-15(2)27-8-10-28(11-9-27)18-5-3-4-17(13-18)25-23(30)20-14-22(29)26-21-7-6-16(24)12-19(20)21/h3-7,12-15H,8-11H2,1-2H3,(H,25,30)(H,26,29). The number of carbonyl (C=O) groups is 1. The van der Waals surface area contributed by atoms with Gasteiger partial charge in [-0.25, -0.2) is 0 Å². The van der Waals surface area contributed by atoms with Crippen LogP contribution >= 0.6 is 11.6 Å². The predicted octanol–water partition coefficient (Wildman–Crippen LogP) is 3.96. The molecule has 1 saturated heterocycles. The molecule has 30 heavy (non-hydrogen) atoms. The van der Waals surface area contributed by atoms with E-state index in [4.69, 9.17) is 11.6 Å². The second-order valence-corrected chi connectivity index (χ2v) is 8.29. The highest BCUT2D eigenvalue weighted by Crippen LogP contribution is 2.24. The number of H-pyrrole nitrogens is 1. The molecule has 7 heteroatoms. The van der Waals surface area contributed by atoms with Crippen molar-refractivity contribution < 1.29 is 4.79 Å². The van der Waals surface area contributed by atoms with Crippen LogP contribution in [0.3, 0.4) is 0 Å². The van der Waals surface area contributed by atoms with E-state index in [1.165, 1.54) is 6.07 Å². The molecular weight excluding hydrogens is 400 g/mol. The number of pyridine rings is 1. The molecule has 4 rings (SSSR count). The molecule has 1 aliphatic heterocycles. The minimum atomic E-state index is -0.338. The van der Waals surface area contributed by atoms with E-state index in [1.54, 1.807) is 18.2 Å². The van der Waals surface area contributed by atoms with Crippen LogP contribution in [0, 0.1) is 0 Å². The van der Waals surface area contributed by atoms with Crippen LogP contribution in [0.1, 0.15) is 24.2 Å². The maximum Gasteiger partial charge on any atom is 0.256 e. The van der Waals surface area contributed by atoms with Gasteiger partial charge in [-0.2, -0.15) is 0 Å². The fourth-order valence-corrected chi connectivity index (χ4v) is 4.06. The van der Waals surface area contributed by atoms with Crippen LogP contribution in [-0.4, -0.2) is 48.0 Å². The van der Waals surface area contributed by atoms with Crippen molar-refractivity contribution in [2.24, 2.45) is 0 Å². The normalized spacial score (nSPS) is 15.0. The first-order valence-corrected chi connectivity index (χ1v) is 10.5. The van der Waals surface area contributed by atoms with Crippen molar-refractivity contribution in [2.45, 2.75) is 19.9 Å². The van der Waals surface area contributed by atoms with Gasteiger partial charge in [0.25, 0.3) is 5.91 Å². The maximum atomic E-state index is 13.0. The third kappa shape index (κ3) is 4.35. The van der Waals surface area contributed by atoms with E-state index in [0.29, 0.717) is 33.2 Å². The molecule has 1 fully saturated rings. The number of amides is 1. The average molecular weight is 425 g/mol. The molecule has 3 aromatic rings. The minimum Gasteiger partial charge on any atom is -0.369 e. The quantitative estimate of drug-likeness (QED) is 0.665. The van der Waals surface area contributed by atoms with E-state index >= 15 is 0 Å². The summed E-state index contributed by atoms with van der Waals surface area (Å²) in [7, 11) is 0. The van der Waals surface area contributed by atoms with Gasteiger partial charge in [-0.1, -0.05) is 17.7 Å². The zero-order chi connectivity index (χ0) is 21.3. The van der Waals surface area contributed by atoms with Gasteiger partial charge >= 0.3 is 0 Å². The molecular formula is C23H25ClN4O2. The maximum absolute atomic E-state index is 13.0. The van der Waals surface area contributed by atoms with Crippen molar-refractivity contribution >= 4 is 39.8 Å². The zero-order valence-electron chi connectivity index (χ0n) is 17.1.